The van der Waals surface area contributed by atoms with Crippen molar-refractivity contribution in [1.29, 1.82) is 0 Å². The minimum Gasteiger partial charge on any atom is -0.477 e. The average Bonchev–Trinajstić information content (AvgIpc) is 3.01. The second-order valence-electron chi connectivity index (χ2n) is 6.00. The number of aromatic nitrogens is 1. The molecule has 1 heterocycles. The molecule has 1 atom stereocenters. The maximum Gasteiger partial charge on any atom is 0.347 e. The van der Waals surface area contributed by atoms with Gasteiger partial charge in [0.05, 0.1) is 5.69 Å². The molecule has 4 nitrogen and oxygen atoms in total. The van der Waals surface area contributed by atoms with Gasteiger partial charge in [-0.25, -0.2) is 9.78 Å². The lowest BCUT2D eigenvalue weighted by Crippen LogP contribution is -2.16. The van der Waals surface area contributed by atoms with Crippen molar-refractivity contribution in [3.8, 4) is 0 Å². The van der Waals surface area contributed by atoms with Crippen LogP contribution < -0.4 is 0 Å². The minimum atomic E-state index is -0.889. The standard InChI is InChI=1S/C14H21NO3S/c1-5-18-9(8-6-7-8)12-15-11(14(2,3)4)10(19-12)13(16)17/h8-9H,5-7H2,1-4H3,(H,16,17). The summed E-state index contributed by atoms with van der Waals surface area (Å²) in [5, 5.41) is 10.2. The van der Waals surface area contributed by atoms with Crippen LogP contribution in [0.15, 0.2) is 0 Å². The van der Waals surface area contributed by atoms with Crippen LogP contribution in [0.1, 0.15) is 67.0 Å². The molecule has 1 aromatic rings. The number of hydrogen-bond acceptors (Lipinski definition) is 4. The molecule has 19 heavy (non-hydrogen) atoms. The SMILES string of the molecule is CCOC(c1nc(C(C)(C)C)c(C(=O)O)s1)C1CC1. The number of hydrogen-bond donors (Lipinski definition) is 1. The highest BCUT2D eigenvalue weighted by Gasteiger charge is 2.37. The molecule has 0 aromatic carbocycles. The number of carbonyl (C=O) groups is 1. The maximum atomic E-state index is 11.4. The van der Waals surface area contributed by atoms with Crippen LogP contribution in [0.2, 0.25) is 0 Å². The van der Waals surface area contributed by atoms with E-state index in [0.29, 0.717) is 23.1 Å². The summed E-state index contributed by atoms with van der Waals surface area (Å²) in [7, 11) is 0. The van der Waals surface area contributed by atoms with E-state index in [1.54, 1.807) is 0 Å². The van der Waals surface area contributed by atoms with E-state index in [4.69, 9.17) is 4.74 Å². The van der Waals surface area contributed by atoms with E-state index < -0.39 is 5.97 Å². The van der Waals surface area contributed by atoms with E-state index in [2.05, 4.69) is 4.98 Å². The summed E-state index contributed by atoms with van der Waals surface area (Å²) in [5.74, 6) is -0.375. The van der Waals surface area contributed by atoms with Gasteiger partial charge in [-0.3, -0.25) is 0 Å². The Hall–Kier alpha value is -0.940. The molecule has 1 unspecified atom stereocenters. The Morgan fingerprint density at radius 1 is 1.53 bits per heavy atom. The Kier molecular flexibility index (Phi) is 3.97. The van der Waals surface area contributed by atoms with E-state index >= 15 is 0 Å². The fourth-order valence-corrected chi connectivity index (χ4v) is 3.36. The lowest BCUT2D eigenvalue weighted by molar-refractivity contribution is 0.0460. The van der Waals surface area contributed by atoms with Crippen LogP contribution in [0, 0.1) is 5.92 Å². The number of rotatable bonds is 5. The predicted molar refractivity (Wildman–Crippen MR) is 74.9 cm³/mol. The van der Waals surface area contributed by atoms with Gasteiger partial charge in [0.2, 0.25) is 0 Å². The fraction of sp³-hybridized carbons (Fsp3) is 0.714. The number of aromatic carboxylic acids is 1. The van der Waals surface area contributed by atoms with Crippen LogP contribution in [-0.4, -0.2) is 22.7 Å². The van der Waals surface area contributed by atoms with Crippen molar-refractivity contribution in [3.63, 3.8) is 0 Å². The van der Waals surface area contributed by atoms with E-state index in [9.17, 15) is 9.90 Å². The first-order valence-corrected chi connectivity index (χ1v) is 7.52. The van der Waals surface area contributed by atoms with Crippen LogP contribution in [0.4, 0.5) is 0 Å². The zero-order chi connectivity index (χ0) is 14.2. The largest absolute Gasteiger partial charge is 0.477 e. The van der Waals surface area contributed by atoms with Gasteiger partial charge in [-0.05, 0) is 25.7 Å². The van der Waals surface area contributed by atoms with Crippen molar-refractivity contribution < 1.29 is 14.6 Å². The molecule has 5 heteroatoms. The van der Waals surface area contributed by atoms with Gasteiger partial charge in [0.1, 0.15) is 16.0 Å². The number of carboxylic acids is 1. The highest BCUT2D eigenvalue weighted by atomic mass is 32.1. The van der Waals surface area contributed by atoms with Gasteiger partial charge in [-0.1, -0.05) is 20.8 Å². The molecule has 1 aliphatic carbocycles. The van der Waals surface area contributed by atoms with Crippen LogP contribution in [0.3, 0.4) is 0 Å². The lowest BCUT2D eigenvalue weighted by atomic mass is 9.91. The van der Waals surface area contributed by atoms with Crippen LogP contribution in [-0.2, 0) is 10.2 Å². The van der Waals surface area contributed by atoms with Crippen molar-refractivity contribution >= 4 is 17.3 Å². The normalized spacial score (nSPS) is 17.5. The van der Waals surface area contributed by atoms with Gasteiger partial charge in [0, 0.05) is 12.0 Å². The van der Waals surface area contributed by atoms with Crippen LogP contribution in [0.25, 0.3) is 0 Å². The topological polar surface area (TPSA) is 59.4 Å². The quantitative estimate of drug-likeness (QED) is 0.896. The van der Waals surface area contributed by atoms with Gasteiger partial charge >= 0.3 is 5.97 Å². The smallest absolute Gasteiger partial charge is 0.347 e. The zero-order valence-electron chi connectivity index (χ0n) is 11.9. The number of ether oxygens (including phenoxy) is 1. The first kappa shape index (κ1) is 14.5. The third kappa shape index (κ3) is 3.15. The summed E-state index contributed by atoms with van der Waals surface area (Å²) >= 11 is 1.28. The van der Waals surface area contributed by atoms with E-state index in [-0.39, 0.29) is 11.5 Å². The molecule has 1 N–H and O–H groups in total. The van der Waals surface area contributed by atoms with Crippen molar-refractivity contribution in [2.24, 2.45) is 5.92 Å². The highest BCUT2D eigenvalue weighted by Crippen LogP contribution is 2.45. The molecule has 1 saturated carbocycles. The summed E-state index contributed by atoms with van der Waals surface area (Å²) in [6.07, 6.45) is 2.28. The first-order chi connectivity index (χ1) is 8.84. The van der Waals surface area contributed by atoms with Crippen molar-refractivity contribution in [2.45, 2.75) is 52.1 Å². The maximum absolute atomic E-state index is 11.4. The minimum absolute atomic E-state index is 0.0239. The third-order valence-corrected chi connectivity index (χ3v) is 4.29. The van der Waals surface area contributed by atoms with Crippen molar-refractivity contribution in [2.75, 3.05) is 6.61 Å². The van der Waals surface area contributed by atoms with E-state index in [1.165, 1.54) is 11.3 Å². The second kappa shape index (κ2) is 5.21. The molecule has 0 bridgehead atoms. The molecule has 1 aliphatic rings. The Balaban J connectivity index is 2.38. The molecule has 0 spiro atoms. The Bertz CT molecular complexity index is 472. The molecule has 1 fully saturated rings. The summed E-state index contributed by atoms with van der Waals surface area (Å²) in [4.78, 5) is 16.3. The highest BCUT2D eigenvalue weighted by molar-refractivity contribution is 7.13. The number of nitrogens with zero attached hydrogens (tertiary/aromatic N) is 1. The molecule has 1 aromatic heterocycles. The first-order valence-electron chi connectivity index (χ1n) is 6.70. The molecular formula is C14H21NO3S. The second-order valence-corrected chi connectivity index (χ2v) is 7.03. The molecule has 0 aliphatic heterocycles. The van der Waals surface area contributed by atoms with Gasteiger partial charge in [0.25, 0.3) is 0 Å². The molecular weight excluding hydrogens is 262 g/mol. The average molecular weight is 283 g/mol. The zero-order valence-corrected chi connectivity index (χ0v) is 12.7. The van der Waals surface area contributed by atoms with Crippen LogP contribution >= 0.6 is 11.3 Å². The summed E-state index contributed by atoms with van der Waals surface area (Å²) in [6.45, 7) is 8.57. The fourth-order valence-electron chi connectivity index (χ4n) is 2.10. The Morgan fingerprint density at radius 2 is 2.16 bits per heavy atom. The molecule has 0 saturated heterocycles. The lowest BCUT2D eigenvalue weighted by Gasteiger charge is -2.17. The molecule has 0 amide bonds. The van der Waals surface area contributed by atoms with Gasteiger partial charge < -0.3 is 9.84 Å². The summed E-state index contributed by atoms with van der Waals surface area (Å²) < 4.78 is 5.77. The summed E-state index contributed by atoms with van der Waals surface area (Å²) in [6, 6.07) is 0. The summed E-state index contributed by atoms with van der Waals surface area (Å²) in [5.41, 5.74) is 0.411. The van der Waals surface area contributed by atoms with E-state index in [0.717, 1.165) is 17.8 Å². The Morgan fingerprint density at radius 3 is 2.53 bits per heavy atom. The molecule has 106 valence electrons. The van der Waals surface area contributed by atoms with Gasteiger partial charge in [0.15, 0.2) is 0 Å². The van der Waals surface area contributed by atoms with Gasteiger partial charge in [-0.2, -0.15) is 0 Å². The molecule has 2 rings (SSSR count). The third-order valence-electron chi connectivity index (χ3n) is 3.19. The van der Waals surface area contributed by atoms with E-state index in [1.807, 2.05) is 27.7 Å². The predicted octanol–water partition coefficient (Wildman–Crippen LogP) is 3.63. The monoisotopic (exact) mass is 283 g/mol. The van der Waals surface area contributed by atoms with Crippen LogP contribution in [0.5, 0.6) is 0 Å². The molecule has 0 radical (unpaired) electrons. The number of carboxylic acid groups (broad SMARTS) is 1. The van der Waals surface area contributed by atoms with Crippen molar-refractivity contribution in [3.05, 3.63) is 15.6 Å². The van der Waals surface area contributed by atoms with Crippen molar-refractivity contribution in [1.82, 2.24) is 4.98 Å². The number of thiazole rings is 1. The Labute approximate surface area is 117 Å². The van der Waals surface area contributed by atoms with Gasteiger partial charge in [-0.15, -0.1) is 11.3 Å².